The average Bonchev–Trinajstić information content (AvgIpc) is 4.07. The topological polar surface area (TPSA) is 218 Å². The molecule has 2 unspecified atom stereocenters. The van der Waals surface area contributed by atoms with Gasteiger partial charge in [0.1, 0.15) is 22.6 Å². The summed E-state index contributed by atoms with van der Waals surface area (Å²) in [6.45, 7) is 0. The molecule has 11 rings (SSSR count). The van der Waals surface area contributed by atoms with Crippen LogP contribution in [0, 0.1) is 0 Å². The van der Waals surface area contributed by atoms with Gasteiger partial charge in [-0.2, -0.15) is 16.8 Å². The molecule has 0 radical (unpaired) electrons. The molecule has 2 atom stereocenters. The van der Waals surface area contributed by atoms with E-state index in [1.54, 1.807) is 24.3 Å². The number of fused-ring (bicyclic) bond motifs is 20. The van der Waals surface area contributed by atoms with Crippen molar-refractivity contribution in [2.24, 2.45) is 0 Å². The quantitative estimate of drug-likeness (QED) is 0.101. The van der Waals surface area contributed by atoms with Gasteiger partial charge in [-0.15, -0.1) is 0 Å². The minimum Gasteiger partial charge on any atom is -0.324 e. The number of hydrogen-bond acceptors (Lipinski definition) is 10. The fraction of sp³-hybridized carbons (Fsp3) is 0.0476. The average molecular weight is 830 g/mol. The van der Waals surface area contributed by atoms with Crippen LogP contribution in [0.2, 0.25) is 0 Å². The predicted molar refractivity (Wildman–Crippen MR) is 225 cm³/mol. The third-order valence-corrected chi connectivity index (χ3v) is 12.4. The van der Waals surface area contributed by atoms with E-state index in [0.717, 1.165) is 21.9 Å². The normalized spacial score (nSPS) is 16.8. The van der Waals surface area contributed by atoms with Gasteiger partial charge in [-0.3, -0.25) is 9.11 Å². The van der Waals surface area contributed by atoms with Crippen molar-refractivity contribution in [1.29, 1.82) is 0 Å². The van der Waals surface area contributed by atoms with Crippen molar-refractivity contribution in [2.75, 3.05) is 0 Å². The maximum atomic E-state index is 12.2. The van der Waals surface area contributed by atoms with Crippen LogP contribution in [0.3, 0.4) is 0 Å². The first-order valence-electron chi connectivity index (χ1n) is 18.0. The van der Waals surface area contributed by atoms with E-state index in [9.17, 15) is 25.9 Å². The van der Waals surface area contributed by atoms with Crippen LogP contribution in [0.4, 0.5) is 0 Å². The summed E-state index contributed by atoms with van der Waals surface area (Å²) in [5, 5.41) is 2.75. The molecule has 0 saturated carbocycles. The Morgan fingerprint density at radius 3 is 1.15 bits per heavy atom. The number of H-pyrrole nitrogens is 2. The Balaban J connectivity index is 0.00000420. The summed E-state index contributed by atoms with van der Waals surface area (Å²) in [6, 6.07) is 26.6. The Morgan fingerprint density at radius 1 is 0.458 bits per heavy atom. The first kappa shape index (κ1) is 36.9. The summed E-state index contributed by atoms with van der Waals surface area (Å²) in [6.07, 6.45) is 8.90. The van der Waals surface area contributed by atoms with Crippen LogP contribution in [0.5, 0.6) is 0 Å². The fourth-order valence-corrected chi connectivity index (χ4v) is 9.22. The van der Waals surface area contributed by atoms with Gasteiger partial charge in [-0.25, -0.2) is 29.9 Å². The second kappa shape index (κ2) is 13.3. The van der Waals surface area contributed by atoms with Gasteiger partial charge in [0, 0.05) is 55.6 Å². The van der Waals surface area contributed by atoms with E-state index in [4.69, 9.17) is 29.9 Å². The minimum absolute atomic E-state index is 0. The number of aromatic amines is 2. The molecule has 14 nitrogen and oxygen atoms in total. The summed E-state index contributed by atoms with van der Waals surface area (Å²) >= 11 is 0. The van der Waals surface area contributed by atoms with Gasteiger partial charge in [-0.1, -0.05) is 109 Å². The van der Waals surface area contributed by atoms with E-state index in [0.29, 0.717) is 78.9 Å². The first-order chi connectivity index (χ1) is 28.0. The molecule has 5 heterocycles. The van der Waals surface area contributed by atoms with Crippen LogP contribution in [-0.4, -0.2) is 83.2 Å². The molecule has 0 spiro atoms. The van der Waals surface area contributed by atoms with E-state index < -0.39 is 32.1 Å². The molecular formula is C42H26AlN8O6S2+3. The number of aromatic nitrogens is 8. The zero-order chi connectivity index (χ0) is 39.5. The number of allylic oxidation sites excluding steroid dienone is 6. The van der Waals surface area contributed by atoms with Gasteiger partial charge >= 0.3 is 17.4 Å². The zero-order valence-electron chi connectivity index (χ0n) is 30.3. The van der Waals surface area contributed by atoms with Crippen LogP contribution in [0.25, 0.3) is 89.7 Å². The number of hydrogen-bond donors (Lipinski definition) is 4. The summed E-state index contributed by atoms with van der Waals surface area (Å²) in [7, 11) is -9.03. The Bertz CT molecular complexity index is 3330. The monoisotopic (exact) mass is 829 g/mol. The van der Waals surface area contributed by atoms with Crippen molar-refractivity contribution in [2.45, 2.75) is 11.8 Å². The van der Waals surface area contributed by atoms with Gasteiger partial charge in [0.05, 0.1) is 9.81 Å². The first-order valence-corrected chi connectivity index (χ1v) is 20.9. The Labute approximate surface area is 345 Å². The summed E-state index contributed by atoms with van der Waals surface area (Å²) in [4.78, 5) is 36.6. The molecule has 2 aliphatic heterocycles. The van der Waals surface area contributed by atoms with Crippen LogP contribution < -0.4 is 0 Å². The predicted octanol–water partition coefficient (Wildman–Crippen LogP) is 7.34. The van der Waals surface area contributed by atoms with Crippen molar-refractivity contribution in [1.82, 2.24) is 39.9 Å². The van der Waals surface area contributed by atoms with E-state index in [-0.39, 0.29) is 27.2 Å². The fourth-order valence-electron chi connectivity index (χ4n) is 8.08. The maximum Gasteiger partial charge on any atom is 3.00 e. The van der Waals surface area contributed by atoms with Crippen LogP contribution >= 0.6 is 0 Å². The Morgan fingerprint density at radius 2 is 0.797 bits per heavy atom. The van der Waals surface area contributed by atoms with E-state index in [2.05, 4.69) is 9.97 Å². The summed E-state index contributed by atoms with van der Waals surface area (Å²) in [5.74, 6) is 0.266. The number of benzene rings is 4. The molecule has 4 aliphatic rings. The standard InChI is InChI=1S/C42H26N8O6S2.Al/c51-57(52,53)23-15-13-21(19-23)25-17-18-26(22-14-16-24(20-22)58(54,55)56)34-33(25)41-48-39-31-11-5-3-9-29(31)37(46-39)44-35-27-7-1-2-8-28(27)36(43-35)45-38-30-10-4-6-12-32(30)40(47-38)49-42(34)50-41;/h1-22H,(H,51,52,53)(H,54,55,56)(H2,43,44,45,46,47,48,49,50);/q;+3. The van der Waals surface area contributed by atoms with Crippen LogP contribution in [-0.2, 0) is 20.2 Å². The molecule has 0 amide bonds. The third kappa shape index (κ3) is 5.98. The van der Waals surface area contributed by atoms with Crippen molar-refractivity contribution in [3.8, 4) is 45.6 Å². The van der Waals surface area contributed by atoms with E-state index in [1.807, 2.05) is 72.8 Å². The molecule has 17 heteroatoms. The molecule has 4 N–H and O–H groups in total. The second-order valence-corrected chi connectivity index (χ2v) is 16.9. The zero-order valence-corrected chi connectivity index (χ0v) is 33.1. The van der Waals surface area contributed by atoms with Crippen molar-refractivity contribution < 1.29 is 25.9 Å². The number of rotatable bonds is 4. The van der Waals surface area contributed by atoms with Crippen LogP contribution in [0.1, 0.15) is 23.0 Å². The van der Waals surface area contributed by atoms with Crippen molar-refractivity contribution in [3.05, 3.63) is 142 Å². The molecule has 3 aromatic heterocycles. The Kier molecular flexibility index (Phi) is 8.31. The summed E-state index contributed by atoms with van der Waals surface area (Å²) in [5.41, 5.74) is 5.90. The molecule has 4 aromatic carbocycles. The van der Waals surface area contributed by atoms with Gasteiger partial charge < -0.3 is 9.97 Å². The number of nitrogens with one attached hydrogen (secondary N) is 2. The molecule has 8 bridgehead atoms. The van der Waals surface area contributed by atoms with Crippen molar-refractivity contribution >= 4 is 81.7 Å². The molecule has 282 valence electrons. The van der Waals surface area contributed by atoms with Crippen LogP contribution in [0.15, 0.2) is 131 Å². The largest absolute Gasteiger partial charge is 3.00 e. The Hall–Kier alpha value is -6.45. The third-order valence-electron chi connectivity index (χ3n) is 10.7. The molecule has 59 heavy (non-hydrogen) atoms. The second-order valence-electron chi connectivity index (χ2n) is 14.1. The molecule has 7 aromatic rings. The van der Waals surface area contributed by atoms with Crippen molar-refractivity contribution in [3.63, 3.8) is 0 Å². The molecule has 0 fully saturated rings. The van der Waals surface area contributed by atoms with Gasteiger partial charge in [0.15, 0.2) is 23.3 Å². The molecular weight excluding hydrogens is 804 g/mol. The smallest absolute Gasteiger partial charge is 0.324 e. The van der Waals surface area contributed by atoms with Gasteiger partial charge in [-0.05, 0) is 23.3 Å². The van der Waals surface area contributed by atoms with Gasteiger partial charge in [0.25, 0.3) is 20.2 Å². The molecule has 2 aliphatic carbocycles. The van der Waals surface area contributed by atoms with E-state index >= 15 is 0 Å². The minimum atomic E-state index is -4.52. The molecule has 0 saturated heterocycles. The maximum absolute atomic E-state index is 12.2. The number of nitrogens with zero attached hydrogens (tertiary/aromatic N) is 6. The summed E-state index contributed by atoms with van der Waals surface area (Å²) < 4.78 is 68.8. The van der Waals surface area contributed by atoms with E-state index in [1.165, 1.54) is 24.3 Å². The van der Waals surface area contributed by atoms with Gasteiger partial charge in [0.2, 0.25) is 0 Å². The SMILES string of the molecule is O=S(=O)(O)C1=CC(c2ccc(C3C=CC(S(=O)(=O)O)=C3)c3c4nc5nc(nc6[nH]c(nc7nc(nc([nH]4)c23)-c2ccccc2-7)c2ccccc62)-c2ccccc2-5)C=C1.[Al+3].